The number of anilines is 1. The first-order chi connectivity index (χ1) is 17.1. The van der Waals surface area contributed by atoms with Gasteiger partial charge in [-0.25, -0.2) is 9.83 Å². The van der Waals surface area contributed by atoms with Crippen LogP contribution < -0.4 is 4.90 Å². The lowest BCUT2D eigenvalue weighted by atomic mass is 9.92. The first-order valence-electron chi connectivity index (χ1n) is 12.4. The van der Waals surface area contributed by atoms with Crippen LogP contribution in [0.1, 0.15) is 38.2 Å². The van der Waals surface area contributed by atoms with Crippen molar-refractivity contribution >= 4 is 22.4 Å². The normalized spacial score (nSPS) is 20.1. The van der Waals surface area contributed by atoms with Gasteiger partial charge < -0.3 is 9.64 Å². The monoisotopic (exact) mass is 460 g/mol. The number of nitrogens with zero attached hydrogens (tertiary/aromatic N) is 4. The molecule has 6 rings (SSSR count). The lowest BCUT2D eigenvalue weighted by Gasteiger charge is -2.36. The average Bonchev–Trinajstić information content (AvgIpc) is 3.72. The Morgan fingerprint density at radius 1 is 0.857 bits per heavy atom. The molecule has 2 aliphatic rings. The molecule has 0 radical (unpaired) electrons. The van der Waals surface area contributed by atoms with E-state index in [2.05, 4.69) is 53.9 Å². The largest absolute Gasteiger partial charge is 0.372 e. The van der Waals surface area contributed by atoms with Crippen LogP contribution in [0.5, 0.6) is 0 Å². The minimum atomic E-state index is 0.207. The molecule has 0 unspecified atom stereocenters. The van der Waals surface area contributed by atoms with Crippen molar-refractivity contribution in [2.75, 3.05) is 18.0 Å². The molecule has 5 heteroatoms. The Labute approximate surface area is 206 Å². The first-order valence-corrected chi connectivity index (χ1v) is 12.4. The van der Waals surface area contributed by atoms with E-state index in [0.29, 0.717) is 11.6 Å². The summed E-state index contributed by atoms with van der Waals surface area (Å²) in [5, 5.41) is 1.22. The summed E-state index contributed by atoms with van der Waals surface area (Å²) >= 11 is 0. The van der Waals surface area contributed by atoms with Gasteiger partial charge in [-0.1, -0.05) is 42.5 Å². The highest BCUT2D eigenvalue weighted by atomic mass is 16.5. The Hall–Kier alpha value is -3.75. The Morgan fingerprint density at radius 3 is 2.26 bits per heavy atom. The highest BCUT2D eigenvalue weighted by Gasteiger charge is 2.30. The number of hydrogen-bond donors (Lipinski definition) is 0. The summed E-state index contributed by atoms with van der Waals surface area (Å²) in [6.45, 7) is 13.2. The zero-order valence-electron chi connectivity index (χ0n) is 20.1. The number of morpholine rings is 1. The molecule has 0 bridgehead atoms. The van der Waals surface area contributed by atoms with Crippen molar-refractivity contribution in [1.82, 2.24) is 9.97 Å². The van der Waals surface area contributed by atoms with Gasteiger partial charge in [-0.15, -0.1) is 0 Å². The molecule has 4 aromatic rings. The zero-order valence-corrected chi connectivity index (χ0v) is 20.1. The number of hydrogen-bond acceptors (Lipinski definition) is 4. The van der Waals surface area contributed by atoms with Gasteiger partial charge in [0.1, 0.15) is 5.82 Å². The Balaban J connectivity index is 1.40. The quantitative estimate of drug-likeness (QED) is 0.307. The van der Waals surface area contributed by atoms with E-state index in [1.165, 1.54) is 29.4 Å². The molecule has 0 amide bonds. The van der Waals surface area contributed by atoms with Crippen LogP contribution >= 0.6 is 0 Å². The van der Waals surface area contributed by atoms with Gasteiger partial charge in [0, 0.05) is 47.6 Å². The van der Waals surface area contributed by atoms with E-state index in [-0.39, 0.29) is 12.2 Å². The summed E-state index contributed by atoms with van der Waals surface area (Å²) in [5.41, 5.74) is 7.56. The van der Waals surface area contributed by atoms with Crippen LogP contribution in [0.25, 0.3) is 38.0 Å². The lowest BCUT2D eigenvalue weighted by molar-refractivity contribution is -0.00545. The van der Waals surface area contributed by atoms with Crippen molar-refractivity contribution in [3.8, 4) is 22.3 Å². The third-order valence-corrected chi connectivity index (χ3v) is 7.03. The van der Waals surface area contributed by atoms with E-state index in [0.717, 1.165) is 41.1 Å². The molecule has 2 atom stereocenters. The molecule has 2 fully saturated rings. The fourth-order valence-corrected chi connectivity index (χ4v) is 5.33. The second kappa shape index (κ2) is 8.79. The predicted molar refractivity (Wildman–Crippen MR) is 141 cm³/mol. The zero-order chi connectivity index (χ0) is 23.9. The molecule has 1 aliphatic carbocycles. The topological polar surface area (TPSA) is 42.6 Å². The molecule has 5 nitrogen and oxygen atoms in total. The van der Waals surface area contributed by atoms with Crippen molar-refractivity contribution in [3.63, 3.8) is 0 Å². The molecule has 1 saturated heterocycles. The van der Waals surface area contributed by atoms with Crippen LogP contribution in [0.4, 0.5) is 11.5 Å². The van der Waals surface area contributed by atoms with Crippen LogP contribution in [0, 0.1) is 6.57 Å². The maximum absolute atomic E-state index is 7.23. The Bertz CT molecular complexity index is 1410. The second-order valence-corrected chi connectivity index (χ2v) is 9.79. The van der Waals surface area contributed by atoms with Gasteiger partial charge in [0.15, 0.2) is 5.69 Å². The highest BCUT2D eigenvalue weighted by molar-refractivity contribution is 5.98. The maximum Gasteiger partial charge on any atom is 0.187 e. The van der Waals surface area contributed by atoms with E-state index >= 15 is 0 Å². The summed E-state index contributed by atoms with van der Waals surface area (Å²) in [4.78, 5) is 15.6. The molecule has 2 aromatic carbocycles. The number of para-hydroxylation sites is 1. The molecule has 174 valence electrons. The van der Waals surface area contributed by atoms with Crippen LogP contribution in [-0.2, 0) is 4.74 Å². The molecule has 1 aliphatic heterocycles. The number of fused-ring (bicyclic) bond motifs is 1. The molecule has 1 saturated carbocycles. The molecular weight excluding hydrogens is 432 g/mol. The molecule has 3 heterocycles. The number of benzene rings is 2. The number of pyridine rings is 2. The number of rotatable bonds is 4. The van der Waals surface area contributed by atoms with Gasteiger partial charge in [-0.05, 0) is 55.9 Å². The SMILES string of the molecule is [C-]#[N+]c1ccc(-c2cccc3c(C4CC4)c(-c4ccc(N5C[C@@H](C)O[C@H](C)C5)nc4)cnc23)cc1. The number of aromatic nitrogens is 2. The minimum Gasteiger partial charge on any atom is -0.372 e. The van der Waals surface area contributed by atoms with Crippen molar-refractivity contribution < 1.29 is 4.74 Å². The van der Waals surface area contributed by atoms with Crippen LogP contribution in [0.15, 0.2) is 67.0 Å². The standard InChI is InChI=1S/C30H28N4O/c1-19-17-34(18-20(2)35-19)28-14-11-23(15-32-28)27-16-33-30-25(21-9-12-24(31-3)13-10-21)5-4-6-26(30)29(27)22-7-8-22/h4-6,9-16,19-20,22H,7-8,17-18H2,1-2H3/t19-,20-/m1/s1. The fourth-order valence-electron chi connectivity index (χ4n) is 5.33. The first kappa shape index (κ1) is 21.8. The predicted octanol–water partition coefficient (Wildman–Crippen LogP) is 7.01. The minimum absolute atomic E-state index is 0.207. The van der Waals surface area contributed by atoms with Crippen molar-refractivity contribution in [3.05, 3.63) is 84.0 Å². The van der Waals surface area contributed by atoms with Crippen molar-refractivity contribution in [2.24, 2.45) is 0 Å². The van der Waals surface area contributed by atoms with Gasteiger partial charge in [0.05, 0.1) is 24.3 Å². The molecule has 2 aromatic heterocycles. The van der Waals surface area contributed by atoms with Gasteiger partial charge in [0.25, 0.3) is 0 Å². The Morgan fingerprint density at radius 2 is 1.60 bits per heavy atom. The summed E-state index contributed by atoms with van der Waals surface area (Å²) in [6.07, 6.45) is 6.87. The Kier molecular flexibility index (Phi) is 5.47. The third kappa shape index (κ3) is 4.15. The van der Waals surface area contributed by atoms with Crippen molar-refractivity contribution in [2.45, 2.75) is 44.8 Å². The second-order valence-electron chi connectivity index (χ2n) is 9.79. The summed E-state index contributed by atoms with van der Waals surface area (Å²) in [5.74, 6) is 1.57. The average molecular weight is 461 g/mol. The molecule has 0 N–H and O–H groups in total. The highest BCUT2D eigenvalue weighted by Crippen LogP contribution is 2.48. The molecular formula is C30H28N4O. The van der Waals surface area contributed by atoms with Gasteiger partial charge in [0.2, 0.25) is 0 Å². The van der Waals surface area contributed by atoms with E-state index < -0.39 is 0 Å². The van der Waals surface area contributed by atoms with Crippen molar-refractivity contribution in [1.29, 1.82) is 0 Å². The third-order valence-electron chi connectivity index (χ3n) is 7.03. The maximum atomic E-state index is 7.23. The van der Waals surface area contributed by atoms with Crippen LogP contribution in [-0.4, -0.2) is 35.3 Å². The van der Waals surface area contributed by atoms with E-state index in [1.54, 1.807) is 0 Å². The van der Waals surface area contributed by atoms with E-state index in [4.69, 9.17) is 21.3 Å². The van der Waals surface area contributed by atoms with Gasteiger partial charge in [-0.2, -0.15) is 0 Å². The molecule has 35 heavy (non-hydrogen) atoms. The fraction of sp³-hybridized carbons (Fsp3) is 0.300. The van der Waals surface area contributed by atoms with Gasteiger partial charge >= 0.3 is 0 Å². The van der Waals surface area contributed by atoms with Crippen LogP contribution in [0.2, 0.25) is 0 Å². The lowest BCUT2D eigenvalue weighted by Crippen LogP contribution is -2.45. The smallest absolute Gasteiger partial charge is 0.187 e. The van der Waals surface area contributed by atoms with E-state index in [9.17, 15) is 0 Å². The van der Waals surface area contributed by atoms with Crippen LogP contribution in [0.3, 0.4) is 0 Å². The van der Waals surface area contributed by atoms with E-state index in [1.807, 2.05) is 36.7 Å². The summed E-state index contributed by atoms with van der Waals surface area (Å²) in [7, 11) is 0. The molecule has 0 spiro atoms. The summed E-state index contributed by atoms with van der Waals surface area (Å²) < 4.78 is 5.88. The van der Waals surface area contributed by atoms with Gasteiger partial charge in [-0.3, -0.25) is 4.98 Å². The number of ether oxygens (including phenoxy) is 1. The summed E-state index contributed by atoms with van der Waals surface area (Å²) in [6, 6.07) is 18.6.